The van der Waals surface area contributed by atoms with Gasteiger partial charge in [0.2, 0.25) is 0 Å². The van der Waals surface area contributed by atoms with E-state index < -0.39 is 28.4 Å². The molecule has 1 aromatic heterocycles. The standard InChI is InChI=1S/C21H22N4O5/c1-23(2)10-5-11-24-18(15-7-4-9-22-13-15)17(20(27)21(24)28)19(26)14-6-3-8-16(12-14)25(29)30/h3-4,6-9,12-13,18,26H,5,10-11H2,1-2H3/b19-17-. The summed E-state index contributed by atoms with van der Waals surface area (Å²) < 4.78 is 0. The van der Waals surface area contributed by atoms with Crippen LogP contribution in [0.15, 0.2) is 54.4 Å². The number of likely N-dealkylation sites (tertiary alicyclic amines) is 1. The number of nitrogens with zero attached hydrogens (tertiary/aromatic N) is 4. The van der Waals surface area contributed by atoms with Gasteiger partial charge in [0.15, 0.2) is 0 Å². The van der Waals surface area contributed by atoms with Crippen LogP contribution in [-0.2, 0) is 9.59 Å². The number of ketones is 1. The molecule has 2 aromatic rings. The van der Waals surface area contributed by atoms with Gasteiger partial charge >= 0.3 is 0 Å². The molecule has 1 aliphatic heterocycles. The summed E-state index contributed by atoms with van der Waals surface area (Å²) in [6, 6.07) is 7.93. The highest BCUT2D eigenvalue weighted by Gasteiger charge is 2.45. The number of aromatic nitrogens is 1. The quantitative estimate of drug-likeness (QED) is 0.245. The molecule has 9 nitrogen and oxygen atoms in total. The number of hydrogen-bond acceptors (Lipinski definition) is 7. The lowest BCUT2D eigenvalue weighted by Crippen LogP contribution is -2.32. The first kappa shape index (κ1) is 21.1. The number of nitro groups is 1. The maximum Gasteiger partial charge on any atom is 0.295 e. The summed E-state index contributed by atoms with van der Waals surface area (Å²) >= 11 is 0. The molecule has 156 valence electrons. The molecule has 0 radical (unpaired) electrons. The Hall–Kier alpha value is -3.59. The second-order valence-electron chi connectivity index (χ2n) is 7.24. The average molecular weight is 410 g/mol. The highest BCUT2D eigenvalue weighted by molar-refractivity contribution is 6.46. The van der Waals surface area contributed by atoms with E-state index >= 15 is 0 Å². The molecule has 30 heavy (non-hydrogen) atoms. The fourth-order valence-electron chi connectivity index (χ4n) is 3.47. The predicted molar refractivity (Wildman–Crippen MR) is 110 cm³/mol. The van der Waals surface area contributed by atoms with Crippen LogP contribution in [0, 0.1) is 10.1 Å². The van der Waals surface area contributed by atoms with Gasteiger partial charge in [-0.1, -0.05) is 18.2 Å². The monoisotopic (exact) mass is 410 g/mol. The molecule has 1 saturated heterocycles. The Morgan fingerprint density at radius 3 is 2.67 bits per heavy atom. The van der Waals surface area contributed by atoms with Gasteiger partial charge in [-0.05, 0) is 38.7 Å². The fourth-order valence-corrected chi connectivity index (χ4v) is 3.47. The average Bonchev–Trinajstić information content (AvgIpc) is 2.98. The van der Waals surface area contributed by atoms with Crippen molar-refractivity contribution in [1.82, 2.24) is 14.8 Å². The van der Waals surface area contributed by atoms with Crippen LogP contribution in [0.1, 0.15) is 23.6 Å². The van der Waals surface area contributed by atoms with E-state index in [1.54, 1.807) is 18.3 Å². The first-order chi connectivity index (χ1) is 14.3. The maximum absolute atomic E-state index is 12.9. The first-order valence-electron chi connectivity index (χ1n) is 9.39. The number of aliphatic hydroxyl groups excluding tert-OH is 1. The number of pyridine rings is 1. The molecule has 0 bridgehead atoms. The molecule has 1 atom stereocenters. The second-order valence-corrected chi connectivity index (χ2v) is 7.24. The summed E-state index contributed by atoms with van der Waals surface area (Å²) in [7, 11) is 3.82. The van der Waals surface area contributed by atoms with Crippen molar-refractivity contribution in [3.63, 3.8) is 0 Å². The molecule has 1 aliphatic rings. The van der Waals surface area contributed by atoms with Crippen molar-refractivity contribution in [2.24, 2.45) is 0 Å². The Bertz CT molecular complexity index is 1000. The number of aliphatic hydroxyl groups is 1. The summed E-state index contributed by atoms with van der Waals surface area (Å²) in [5, 5.41) is 22.0. The molecule has 2 heterocycles. The highest BCUT2D eigenvalue weighted by atomic mass is 16.6. The number of non-ortho nitro benzene ring substituents is 1. The number of benzene rings is 1. The van der Waals surface area contributed by atoms with Crippen LogP contribution in [0.4, 0.5) is 5.69 Å². The molecular weight excluding hydrogens is 388 g/mol. The van der Waals surface area contributed by atoms with Gasteiger partial charge in [0.1, 0.15) is 5.76 Å². The van der Waals surface area contributed by atoms with Crippen LogP contribution in [-0.4, -0.2) is 63.7 Å². The summed E-state index contributed by atoms with van der Waals surface area (Å²) in [6.07, 6.45) is 3.74. The van der Waals surface area contributed by atoms with Crippen LogP contribution >= 0.6 is 0 Å². The molecule has 1 N–H and O–H groups in total. The number of Topliss-reactive ketones (excluding diaryl/α,β-unsaturated/α-hetero) is 1. The van der Waals surface area contributed by atoms with Crippen LogP contribution in [0.5, 0.6) is 0 Å². The molecule has 1 unspecified atom stereocenters. The van der Waals surface area contributed by atoms with Gasteiger partial charge < -0.3 is 14.9 Å². The highest BCUT2D eigenvalue weighted by Crippen LogP contribution is 2.39. The van der Waals surface area contributed by atoms with Crippen molar-refractivity contribution in [1.29, 1.82) is 0 Å². The minimum absolute atomic E-state index is 0.0987. The molecule has 9 heteroatoms. The zero-order valence-corrected chi connectivity index (χ0v) is 16.7. The number of nitro benzene ring substituents is 1. The SMILES string of the molecule is CN(C)CCCN1C(=O)C(=O)/C(=C(\O)c2cccc([N+](=O)[O-])c2)C1c1cccnc1. The van der Waals surface area contributed by atoms with E-state index in [1.165, 1.54) is 35.4 Å². The second kappa shape index (κ2) is 8.83. The Labute approximate surface area is 173 Å². The minimum Gasteiger partial charge on any atom is -0.507 e. The molecule has 1 amide bonds. The number of carbonyl (C=O) groups excluding carboxylic acids is 2. The zero-order valence-electron chi connectivity index (χ0n) is 16.7. The van der Waals surface area contributed by atoms with E-state index in [-0.39, 0.29) is 16.8 Å². The van der Waals surface area contributed by atoms with Gasteiger partial charge in [-0.25, -0.2) is 0 Å². The van der Waals surface area contributed by atoms with Crippen LogP contribution in [0.25, 0.3) is 5.76 Å². The summed E-state index contributed by atoms with van der Waals surface area (Å²) in [4.78, 5) is 43.6. The van der Waals surface area contributed by atoms with Gasteiger partial charge in [-0.3, -0.25) is 24.7 Å². The fraction of sp³-hybridized carbons (Fsp3) is 0.286. The minimum atomic E-state index is -0.822. The van der Waals surface area contributed by atoms with Gasteiger partial charge in [-0.2, -0.15) is 0 Å². The van der Waals surface area contributed by atoms with E-state index in [1.807, 2.05) is 19.0 Å². The van der Waals surface area contributed by atoms with Crippen LogP contribution < -0.4 is 0 Å². The van der Waals surface area contributed by atoms with Crippen molar-refractivity contribution in [3.8, 4) is 0 Å². The normalized spacial score (nSPS) is 18.2. The van der Waals surface area contributed by atoms with Crippen molar-refractivity contribution in [2.45, 2.75) is 12.5 Å². The number of carbonyl (C=O) groups is 2. The number of hydrogen-bond donors (Lipinski definition) is 1. The van der Waals surface area contributed by atoms with E-state index in [0.717, 1.165) is 0 Å². The van der Waals surface area contributed by atoms with E-state index in [4.69, 9.17) is 0 Å². The lowest BCUT2D eigenvalue weighted by molar-refractivity contribution is -0.384. The molecule has 0 spiro atoms. The number of rotatable bonds is 7. The van der Waals surface area contributed by atoms with Crippen molar-refractivity contribution >= 4 is 23.1 Å². The third-order valence-corrected chi connectivity index (χ3v) is 4.87. The Kier molecular flexibility index (Phi) is 6.22. The summed E-state index contributed by atoms with van der Waals surface area (Å²) in [5.74, 6) is -1.98. The Morgan fingerprint density at radius 2 is 2.03 bits per heavy atom. The Balaban J connectivity index is 2.09. The first-order valence-corrected chi connectivity index (χ1v) is 9.39. The molecule has 1 aromatic carbocycles. The molecule has 1 fully saturated rings. The largest absolute Gasteiger partial charge is 0.507 e. The smallest absolute Gasteiger partial charge is 0.295 e. The molecule has 3 rings (SSSR count). The number of amides is 1. The summed E-state index contributed by atoms with van der Waals surface area (Å²) in [5.41, 5.74) is 0.355. The summed E-state index contributed by atoms with van der Waals surface area (Å²) in [6.45, 7) is 1.03. The lowest BCUT2D eigenvalue weighted by atomic mass is 9.96. The van der Waals surface area contributed by atoms with Gasteiger partial charge in [0.05, 0.1) is 16.5 Å². The third-order valence-electron chi connectivity index (χ3n) is 4.87. The topological polar surface area (TPSA) is 117 Å². The van der Waals surface area contributed by atoms with Gasteiger partial charge in [0, 0.05) is 36.6 Å². The van der Waals surface area contributed by atoms with Gasteiger partial charge in [-0.15, -0.1) is 0 Å². The predicted octanol–water partition coefficient (Wildman–Crippen LogP) is 2.36. The maximum atomic E-state index is 12.9. The van der Waals surface area contributed by atoms with Crippen molar-refractivity contribution < 1.29 is 19.6 Å². The van der Waals surface area contributed by atoms with Crippen LogP contribution in [0.2, 0.25) is 0 Å². The van der Waals surface area contributed by atoms with Crippen molar-refractivity contribution in [3.05, 3.63) is 75.6 Å². The van der Waals surface area contributed by atoms with E-state index in [0.29, 0.717) is 25.1 Å². The lowest BCUT2D eigenvalue weighted by Gasteiger charge is -2.25. The van der Waals surface area contributed by atoms with E-state index in [9.17, 15) is 24.8 Å². The third kappa shape index (κ3) is 4.20. The van der Waals surface area contributed by atoms with E-state index in [2.05, 4.69) is 4.98 Å². The molecular formula is C21H22N4O5. The Morgan fingerprint density at radius 1 is 1.27 bits per heavy atom. The van der Waals surface area contributed by atoms with Gasteiger partial charge in [0.25, 0.3) is 17.4 Å². The van der Waals surface area contributed by atoms with Crippen LogP contribution in [0.3, 0.4) is 0 Å². The molecule has 0 saturated carbocycles. The molecule has 0 aliphatic carbocycles. The van der Waals surface area contributed by atoms with Crippen molar-refractivity contribution in [2.75, 3.05) is 27.2 Å². The zero-order chi connectivity index (χ0) is 21.8.